The number of carboxylic acid groups (broad SMARTS) is 1. The topological polar surface area (TPSA) is 81.4 Å². The van der Waals surface area contributed by atoms with Crippen molar-refractivity contribution in [2.75, 3.05) is 6.61 Å². The molecule has 1 atom stereocenters. The molecular formula is C14H20N2O4. The van der Waals surface area contributed by atoms with E-state index in [1.807, 2.05) is 6.92 Å². The van der Waals surface area contributed by atoms with Gasteiger partial charge < -0.3 is 9.84 Å². The van der Waals surface area contributed by atoms with E-state index in [4.69, 9.17) is 9.84 Å². The summed E-state index contributed by atoms with van der Waals surface area (Å²) in [5.74, 6) is -0.847. The van der Waals surface area contributed by atoms with Crippen LogP contribution in [0, 0.1) is 13.8 Å². The lowest BCUT2D eigenvalue weighted by Crippen LogP contribution is -2.32. The Morgan fingerprint density at radius 1 is 1.50 bits per heavy atom. The van der Waals surface area contributed by atoms with Crippen molar-refractivity contribution in [1.82, 2.24) is 9.55 Å². The van der Waals surface area contributed by atoms with E-state index in [0.717, 1.165) is 30.7 Å². The van der Waals surface area contributed by atoms with Crippen molar-refractivity contribution in [2.45, 2.75) is 52.2 Å². The predicted octanol–water partition coefficient (Wildman–Crippen LogP) is 1.06. The van der Waals surface area contributed by atoms with Gasteiger partial charge in [-0.3, -0.25) is 9.36 Å². The van der Waals surface area contributed by atoms with E-state index < -0.39 is 5.97 Å². The summed E-state index contributed by atoms with van der Waals surface area (Å²) in [6, 6.07) is 0. The molecule has 2 heterocycles. The minimum absolute atomic E-state index is 0.0431. The fourth-order valence-electron chi connectivity index (χ4n) is 2.64. The molecule has 1 N–H and O–H groups in total. The van der Waals surface area contributed by atoms with Crippen molar-refractivity contribution in [3.05, 3.63) is 27.4 Å². The zero-order chi connectivity index (χ0) is 14.7. The molecule has 0 aromatic carbocycles. The maximum absolute atomic E-state index is 12.0. The van der Waals surface area contributed by atoms with E-state index in [9.17, 15) is 9.59 Å². The quantitative estimate of drug-likeness (QED) is 0.872. The van der Waals surface area contributed by atoms with Crippen LogP contribution in [-0.2, 0) is 22.5 Å². The third-order valence-electron chi connectivity index (χ3n) is 3.77. The average molecular weight is 280 g/mol. The number of aryl methyl sites for hydroxylation is 1. The minimum Gasteiger partial charge on any atom is -0.481 e. The van der Waals surface area contributed by atoms with Crippen LogP contribution in [-0.4, -0.2) is 33.3 Å². The van der Waals surface area contributed by atoms with Gasteiger partial charge in [0.1, 0.15) is 0 Å². The van der Waals surface area contributed by atoms with Gasteiger partial charge in [0.15, 0.2) is 0 Å². The number of aromatic nitrogens is 2. The summed E-state index contributed by atoms with van der Waals surface area (Å²) >= 11 is 0. The second-order valence-electron chi connectivity index (χ2n) is 5.18. The van der Waals surface area contributed by atoms with Gasteiger partial charge in [-0.15, -0.1) is 0 Å². The zero-order valence-corrected chi connectivity index (χ0v) is 11.9. The molecule has 1 aromatic heterocycles. The standard InChI is InChI=1S/C14H20N2O4/c1-9-12(5-6-13(17)18)10(2)16(14(19)15-9)8-11-4-3-7-20-11/h11H,3-8H2,1-2H3,(H,17,18). The van der Waals surface area contributed by atoms with E-state index in [-0.39, 0.29) is 18.2 Å². The summed E-state index contributed by atoms with van der Waals surface area (Å²) in [6.07, 6.45) is 2.46. The van der Waals surface area contributed by atoms with Gasteiger partial charge in [-0.05, 0) is 38.7 Å². The molecular weight excluding hydrogens is 260 g/mol. The molecule has 6 nitrogen and oxygen atoms in total. The smallest absolute Gasteiger partial charge is 0.348 e. The molecule has 1 aliphatic heterocycles. The Balaban J connectivity index is 2.28. The van der Waals surface area contributed by atoms with Crippen molar-refractivity contribution in [1.29, 1.82) is 0 Å². The van der Waals surface area contributed by atoms with Crippen molar-refractivity contribution in [2.24, 2.45) is 0 Å². The molecule has 2 rings (SSSR count). The van der Waals surface area contributed by atoms with Crippen LogP contribution in [0.4, 0.5) is 0 Å². The van der Waals surface area contributed by atoms with Crippen LogP contribution in [0.1, 0.15) is 36.2 Å². The van der Waals surface area contributed by atoms with Gasteiger partial charge in [0.05, 0.1) is 12.6 Å². The van der Waals surface area contributed by atoms with Crippen molar-refractivity contribution < 1.29 is 14.6 Å². The molecule has 0 bridgehead atoms. The summed E-state index contributed by atoms with van der Waals surface area (Å²) in [7, 11) is 0. The van der Waals surface area contributed by atoms with E-state index in [2.05, 4.69) is 4.98 Å². The van der Waals surface area contributed by atoms with Gasteiger partial charge in [0.25, 0.3) is 0 Å². The van der Waals surface area contributed by atoms with Gasteiger partial charge >= 0.3 is 11.7 Å². The largest absolute Gasteiger partial charge is 0.481 e. The van der Waals surface area contributed by atoms with Crippen LogP contribution in [0.2, 0.25) is 0 Å². The number of carbonyl (C=O) groups is 1. The van der Waals surface area contributed by atoms with Crippen LogP contribution >= 0.6 is 0 Å². The molecule has 1 fully saturated rings. The molecule has 110 valence electrons. The van der Waals surface area contributed by atoms with Crippen LogP contribution in [0.3, 0.4) is 0 Å². The third-order valence-corrected chi connectivity index (χ3v) is 3.77. The molecule has 1 aliphatic rings. The molecule has 1 saturated heterocycles. The van der Waals surface area contributed by atoms with Crippen LogP contribution in [0.25, 0.3) is 0 Å². The first-order valence-electron chi connectivity index (χ1n) is 6.89. The summed E-state index contributed by atoms with van der Waals surface area (Å²) < 4.78 is 7.16. The molecule has 1 aromatic rings. The Morgan fingerprint density at radius 2 is 2.25 bits per heavy atom. The SMILES string of the molecule is Cc1nc(=O)n(CC2CCCO2)c(C)c1CCC(=O)O. The van der Waals surface area contributed by atoms with Gasteiger partial charge in [-0.1, -0.05) is 0 Å². The normalized spacial score (nSPS) is 18.4. The maximum Gasteiger partial charge on any atom is 0.348 e. The Hall–Kier alpha value is -1.69. The highest BCUT2D eigenvalue weighted by Gasteiger charge is 2.19. The van der Waals surface area contributed by atoms with Crippen molar-refractivity contribution in [3.63, 3.8) is 0 Å². The van der Waals surface area contributed by atoms with Crippen molar-refractivity contribution >= 4 is 5.97 Å². The van der Waals surface area contributed by atoms with Gasteiger partial charge in [0.2, 0.25) is 0 Å². The maximum atomic E-state index is 12.0. The van der Waals surface area contributed by atoms with E-state index in [1.165, 1.54) is 0 Å². The summed E-state index contributed by atoms with van der Waals surface area (Å²) in [4.78, 5) is 26.7. The van der Waals surface area contributed by atoms with Gasteiger partial charge in [0, 0.05) is 24.4 Å². The molecule has 6 heteroatoms. The average Bonchev–Trinajstić information content (AvgIpc) is 2.86. The lowest BCUT2D eigenvalue weighted by atomic mass is 10.1. The lowest BCUT2D eigenvalue weighted by Gasteiger charge is -2.17. The van der Waals surface area contributed by atoms with Crippen molar-refractivity contribution in [3.8, 4) is 0 Å². The number of carboxylic acids is 1. The predicted molar refractivity (Wildman–Crippen MR) is 72.9 cm³/mol. The monoisotopic (exact) mass is 280 g/mol. The fourth-order valence-corrected chi connectivity index (χ4v) is 2.64. The summed E-state index contributed by atoms with van der Waals surface area (Å²) in [5.41, 5.74) is 2.00. The molecule has 0 amide bonds. The van der Waals surface area contributed by atoms with Crippen LogP contribution in [0.5, 0.6) is 0 Å². The number of hydrogen-bond acceptors (Lipinski definition) is 4. The van der Waals surface area contributed by atoms with Gasteiger partial charge in [-0.25, -0.2) is 4.79 Å². The Labute approximate surface area is 117 Å². The Kier molecular flexibility index (Phi) is 4.54. The zero-order valence-electron chi connectivity index (χ0n) is 11.9. The number of rotatable bonds is 5. The Bertz CT molecular complexity index is 559. The number of aliphatic carboxylic acids is 1. The first kappa shape index (κ1) is 14.7. The summed E-state index contributed by atoms with van der Waals surface area (Å²) in [6.45, 7) is 4.84. The van der Waals surface area contributed by atoms with E-state index >= 15 is 0 Å². The first-order valence-corrected chi connectivity index (χ1v) is 6.89. The van der Waals surface area contributed by atoms with E-state index in [1.54, 1.807) is 11.5 Å². The summed E-state index contributed by atoms with van der Waals surface area (Å²) in [5, 5.41) is 8.80. The minimum atomic E-state index is -0.847. The molecule has 0 aliphatic carbocycles. The van der Waals surface area contributed by atoms with Crippen LogP contribution in [0.15, 0.2) is 4.79 Å². The highest BCUT2D eigenvalue weighted by Crippen LogP contribution is 2.17. The fraction of sp³-hybridized carbons (Fsp3) is 0.643. The lowest BCUT2D eigenvalue weighted by molar-refractivity contribution is -0.136. The van der Waals surface area contributed by atoms with Gasteiger partial charge in [-0.2, -0.15) is 4.98 Å². The molecule has 20 heavy (non-hydrogen) atoms. The first-order chi connectivity index (χ1) is 9.49. The highest BCUT2D eigenvalue weighted by molar-refractivity contribution is 5.67. The second-order valence-corrected chi connectivity index (χ2v) is 5.18. The van der Waals surface area contributed by atoms with Crippen LogP contribution < -0.4 is 5.69 Å². The number of hydrogen-bond donors (Lipinski definition) is 1. The number of nitrogens with zero attached hydrogens (tertiary/aromatic N) is 2. The number of ether oxygens (including phenoxy) is 1. The second kappa shape index (κ2) is 6.17. The highest BCUT2D eigenvalue weighted by atomic mass is 16.5. The molecule has 0 spiro atoms. The molecule has 0 saturated carbocycles. The molecule has 1 unspecified atom stereocenters. The Morgan fingerprint density at radius 3 is 2.85 bits per heavy atom. The molecule has 0 radical (unpaired) electrons. The third kappa shape index (κ3) is 3.25. The van der Waals surface area contributed by atoms with E-state index in [0.29, 0.717) is 18.7 Å².